The number of phenolic OH excluding ortho intramolecular Hbond substituents is 2. The van der Waals surface area contributed by atoms with Gasteiger partial charge in [-0.3, -0.25) is 4.90 Å². The molecule has 1 aliphatic carbocycles. The van der Waals surface area contributed by atoms with Crippen LogP contribution in [0, 0.1) is 0 Å². The van der Waals surface area contributed by atoms with Crippen molar-refractivity contribution in [3.05, 3.63) is 28.8 Å². The first-order valence-electron chi connectivity index (χ1n) is 9.11. The van der Waals surface area contributed by atoms with E-state index >= 15 is 0 Å². The van der Waals surface area contributed by atoms with Crippen LogP contribution in [-0.2, 0) is 12.8 Å². The first kappa shape index (κ1) is 17.8. The van der Waals surface area contributed by atoms with Crippen molar-refractivity contribution in [3.63, 3.8) is 0 Å². The van der Waals surface area contributed by atoms with E-state index in [0.29, 0.717) is 22.6 Å². The van der Waals surface area contributed by atoms with Crippen LogP contribution in [0.2, 0.25) is 0 Å². The van der Waals surface area contributed by atoms with Gasteiger partial charge in [0.05, 0.1) is 21.3 Å². The van der Waals surface area contributed by atoms with E-state index < -0.39 is 0 Å². The van der Waals surface area contributed by atoms with Crippen molar-refractivity contribution >= 4 is 0 Å². The van der Waals surface area contributed by atoms with Gasteiger partial charge in [-0.15, -0.1) is 0 Å². The number of hydrogen-bond donors (Lipinski definition) is 2. The third-order valence-corrected chi connectivity index (χ3v) is 5.87. The van der Waals surface area contributed by atoms with Crippen LogP contribution in [0.5, 0.6) is 28.7 Å². The molecule has 27 heavy (non-hydrogen) atoms. The lowest BCUT2D eigenvalue weighted by molar-refractivity contribution is 0.220. The van der Waals surface area contributed by atoms with E-state index in [9.17, 15) is 10.2 Å². The van der Waals surface area contributed by atoms with Gasteiger partial charge in [0.15, 0.2) is 23.0 Å². The van der Waals surface area contributed by atoms with Crippen LogP contribution in [0.3, 0.4) is 0 Å². The summed E-state index contributed by atoms with van der Waals surface area (Å²) < 4.78 is 16.3. The molecule has 2 N–H and O–H groups in total. The van der Waals surface area contributed by atoms with Crippen LogP contribution in [0.25, 0.3) is 11.1 Å². The highest BCUT2D eigenvalue weighted by molar-refractivity contribution is 5.88. The Kier molecular flexibility index (Phi) is 4.30. The molecule has 0 radical (unpaired) electrons. The predicted octanol–water partition coefficient (Wildman–Crippen LogP) is 3.27. The van der Waals surface area contributed by atoms with Gasteiger partial charge in [0, 0.05) is 23.7 Å². The maximum absolute atomic E-state index is 11.1. The minimum Gasteiger partial charge on any atom is -0.504 e. The summed E-state index contributed by atoms with van der Waals surface area (Å²) in [6, 6.07) is 4.00. The van der Waals surface area contributed by atoms with Crippen LogP contribution in [-0.4, -0.2) is 50.0 Å². The predicted molar refractivity (Wildman–Crippen MR) is 102 cm³/mol. The number of hydrogen-bond acceptors (Lipinski definition) is 6. The summed E-state index contributed by atoms with van der Waals surface area (Å²) in [5.74, 6) is 1.23. The fourth-order valence-electron chi connectivity index (χ4n) is 4.55. The number of ether oxygens (including phenoxy) is 3. The molecule has 0 fully saturated rings. The van der Waals surface area contributed by atoms with Gasteiger partial charge in [-0.2, -0.15) is 0 Å². The summed E-state index contributed by atoms with van der Waals surface area (Å²) in [6.45, 7) is 0.944. The minimum absolute atomic E-state index is 0.00789. The molecule has 0 amide bonds. The molecule has 6 heteroatoms. The maximum atomic E-state index is 11.1. The second-order valence-electron chi connectivity index (χ2n) is 7.16. The summed E-state index contributed by atoms with van der Waals surface area (Å²) in [6.07, 6.45) is 2.52. The van der Waals surface area contributed by atoms with Crippen molar-refractivity contribution in [1.29, 1.82) is 0 Å². The lowest BCUT2D eigenvalue weighted by atomic mass is 9.85. The molecule has 2 aliphatic rings. The molecule has 144 valence electrons. The Morgan fingerprint density at radius 3 is 2.26 bits per heavy atom. The van der Waals surface area contributed by atoms with Gasteiger partial charge in [0.25, 0.3) is 0 Å². The van der Waals surface area contributed by atoms with Crippen molar-refractivity contribution in [2.24, 2.45) is 0 Å². The number of likely N-dealkylation sites (N-methyl/N-ethyl adjacent to an activating group) is 1. The van der Waals surface area contributed by atoms with E-state index in [1.54, 1.807) is 14.2 Å². The van der Waals surface area contributed by atoms with Crippen LogP contribution in [0.4, 0.5) is 0 Å². The van der Waals surface area contributed by atoms with Crippen molar-refractivity contribution < 1.29 is 24.4 Å². The quantitative estimate of drug-likeness (QED) is 0.863. The number of nitrogens with zero attached hydrogens (tertiary/aromatic N) is 1. The summed E-state index contributed by atoms with van der Waals surface area (Å²) >= 11 is 0. The largest absolute Gasteiger partial charge is 0.504 e. The molecular weight excluding hydrogens is 346 g/mol. The SMILES string of the molecule is COc1cc2c3c(c1O)-c1c(cc(OC)c(OC)c1O)CC[C@H]3N(C)CC2. The zero-order valence-electron chi connectivity index (χ0n) is 16.1. The molecule has 0 unspecified atom stereocenters. The highest BCUT2D eigenvalue weighted by Gasteiger charge is 2.36. The van der Waals surface area contributed by atoms with E-state index in [1.807, 2.05) is 12.1 Å². The van der Waals surface area contributed by atoms with Gasteiger partial charge < -0.3 is 24.4 Å². The molecule has 0 spiro atoms. The normalized spacial score (nSPS) is 18.3. The standard InChI is InChI=1S/C21H25NO5/c1-22-8-7-12-9-14(25-2)19(23)18-16(12)13(22)6-5-11-10-15(26-3)21(27-4)20(24)17(11)18/h9-10,13,23-24H,5-8H2,1-4H3/t13-/m1/s1. The van der Waals surface area contributed by atoms with Crippen molar-refractivity contribution in [2.75, 3.05) is 34.9 Å². The Morgan fingerprint density at radius 1 is 0.889 bits per heavy atom. The van der Waals surface area contributed by atoms with Gasteiger partial charge in [0.2, 0.25) is 5.75 Å². The average molecular weight is 371 g/mol. The fraction of sp³-hybridized carbons (Fsp3) is 0.429. The Hall–Kier alpha value is -2.60. The number of aryl methyl sites for hydroxylation is 1. The number of benzene rings is 2. The fourth-order valence-corrected chi connectivity index (χ4v) is 4.55. The molecule has 4 rings (SSSR count). The van der Waals surface area contributed by atoms with Crippen LogP contribution < -0.4 is 14.2 Å². The average Bonchev–Trinajstić information content (AvgIpc) is 2.85. The van der Waals surface area contributed by atoms with Crippen LogP contribution in [0.1, 0.15) is 29.2 Å². The van der Waals surface area contributed by atoms with Crippen molar-refractivity contribution in [2.45, 2.75) is 25.3 Å². The Bertz CT molecular complexity index is 908. The van der Waals surface area contributed by atoms with Gasteiger partial charge in [-0.25, -0.2) is 0 Å². The smallest absolute Gasteiger partial charge is 0.203 e. The first-order valence-corrected chi connectivity index (χ1v) is 9.11. The van der Waals surface area contributed by atoms with Gasteiger partial charge in [0.1, 0.15) is 0 Å². The Labute approximate surface area is 158 Å². The lowest BCUT2D eigenvalue weighted by Gasteiger charge is -2.35. The van der Waals surface area contributed by atoms with Gasteiger partial charge in [-0.05, 0) is 55.1 Å². The molecule has 2 aromatic rings. The molecule has 0 aromatic heterocycles. The van der Waals surface area contributed by atoms with E-state index in [-0.39, 0.29) is 23.3 Å². The monoisotopic (exact) mass is 371 g/mol. The third kappa shape index (κ3) is 2.51. The second-order valence-corrected chi connectivity index (χ2v) is 7.16. The highest BCUT2D eigenvalue weighted by Crippen LogP contribution is 2.56. The van der Waals surface area contributed by atoms with Crippen molar-refractivity contribution in [1.82, 2.24) is 4.90 Å². The molecule has 2 aromatic carbocycles. The molecule has 0 saturated carbocycles. The zero-order valence-corrected chi connectivity index (χ0v) is 16.1. The van der Waals surface area contributed by atoms with Crippen LogP contribution >= 0.6 is 0 Å². The number of methoxy groups -OCH3 is 3. The molecule has 0 saturated heterocycles. The summed E-state index contributed by atoms with van der Waals surface area (Å²) in [7, 11) is 6.71. The second kappa shape index (κ2) is 6.53. The van der Waals surface area contributed by atoms with Crippen LogP contribution in [0.15, 0.2) is 12.1 Å². The van der Waals surface area contributed by atoms with Crippen molar-refractivity contribution in [3.8, 4) is 39.9 Å². The summed E-state index contributed by atoms with van der Waals surface area (Å²) in [5, 5.41) is 22.1. The van der Waals surface area contributed by atoms with E-state index in [0.717, 1.165) is 42.5 Å². The molecule has 0 bridgehead atoms. The summed E-state index contributed by atoms with van der Waals surface area (Å²) in [4.78, 5) is 2.31. The number of fused-ring (bicyclic) bond motifs is 2. The molecule has 1 atom stereocenters. The zero-order chi connectivity index (χ0) is 19.3. The molecule has 1 aliphatic heterocycles. The molecular formula is C21H25NO5. The third-order valence-electron chi connectivity index (χ3n) is 5.87. The summed E-state index contributed by atoms with van der Waals surface area (Å²) in [5.41, 5.74) is 4.41. The Balaban J connectivity index is 2.11. The maximum Gasteiger partial charge on any atom is 0.203 e. The number of aromatic hydroxyl groups is 2. The van der Waals surface area contributed by atoms with E-state index in [2.05, 4.69) is 11.9 Å². The van der Waals surface area contributed by atoms with Gasteiger partial charge >= 0.3 is 0 Å². The topological polar surface area (TPSA) is 71.4 Å². The lowest BCUT2D eigenvalue weighted by Crippen LogP contribution is -2.32. The van der Waals surface area contributed by atoms with E-state index in [1.165, 1.54) is 7.11 Å². The molecule has 6 nitrogen and oxygen atoms in total. The first-order chi connectivity index (χ1) is 13.0. The van der Waals surface area contributed by atoms with E-state index in [4.69, 9.17) is 14.2 Å². The minimum atomic E-state index is -0.00789. The number of phenols is 2. The van der Waals surface area contributed by atoms with Gasteiger partial charge in [-0.1, -0.05) is 0 Å². The molecule has 1 heterocycles. The highest BCUT2D eigenvalue weighted by atomic mass is 16.5. The number of rotatable bonds is 3. The Morgan fingerprint density at radius 2 is 1.59 bits per heavy atom.